The molecule has 0 aliphatic rings. The molecule has 2 N–H and O–H groups in total. The molecule has 1 aromatic rings. The summed E-state index contributed by atoms with van der Waals surface area (Å²) in [6.07, 6.45) is 2.02. The third kappa shape index (κ3) is 10.2. The zero-order valence-electron chi connectivity index (χ0n) is 13.3. The van der Waals surface area contributed by atoms with Crippen LogP contribution in [0.5, 0.6) is 0 Å². The van der Waals surface area contributed by atoms with Crippen molar-refractivity contribution in [3.05, 3.63) is 35.9 Å². The predicted octanol–water partition coefficient (Wildman–Crippen LogP) is 2.60. The summed E-state index contributed by atoms with van der Waals surface area (Å²) < 4.78 is 26.0. The summed E-state index contributed by atoms with van der Waals surface area (Å²) in [4.78, 5) is 20.9. The molecule has 1 rings (SSSR count). The van der Waals surface area contributed by atoms with Crippen LogP contribution in [0.25, 0.3) is 0 Å². The second kappa shape index (κ2) is 11.3. The monoisotopic (exact) mass is 345 g/mol. The maximum absolute atomic E-state index is 11.6. The third-order valence-corrected chi connectivity index (χ3v) is 3.74. The molecule has 0 fully saturated rings. The molecule has 1 atom stereocenters. The molecule has 0 radical (unpaired) electrons. The summed E-state index contributed by atoms with van der Waals surface area (Å²) in [6.45, 7) is 3.15. The van der Waals surface area contributed by atoms with Crippen molar-refractivity contribution in [2.45, 2.75) is 32.6 Å². The molecular formula is C15H24NO6P. The maximum Gasteiger partial charge on any atom is 0.493 e. The quantitative estimate of drug-likeness (QED) is 0.344. The molecule has 1 aromatic carbocycles. The SMILES string of the molecule is CCOCCCCC(=O)NOP(=O)(O)OCCc1ccccc1. The minimum Gasteiger partial charge on any atom is -0.382 e. The Morgan fingerprint density at radius 1 is 1.22 bits per heavy atom. The molecule has 23 heavy (non-hydrogen) atoms. The molecule has 130 valence electrons. The van der Waals surface area contributed by atoms with E-state index >= 15 is 0 Å². The number of carbonyl (C=O) groups excluding carboxylic acids is 1. The number of benzene rings is 1. The summed E-state index contributed by atoms with van der Waals surface area (Å²) in [7, 11) is -4.29. The Bertz CT molecular complexity index is 496. The summed E-state index contributed by atoms with van der Waals surface area (Å²) in [5.41, 5.74) is 2.92. The van der Waals surface area contributed by atoms with E-state index in [0.29, 0.717) is 26.1 Å². The standard InChI is InChI=1S/C15H24NO6P/c1-2-20-12-7-6-10-15(17)16-22-23(18,19)21-13-11-14-8-4-3-5-9-14/h3-5,8-9H,2,6-7,10-13H2,1H3,(H,16,17)(H,18,19). The van der Waals surface area contributed by atoms with Gasteiger partial charge >= 0.3 is 7.82 Å². The molecule has 0 saturated carbocycles. The van der Waals surface area contributed by atoms with Crippen molar-refractivity contribution >= 4 is 13.7 Å². The Morgan fingerprint density at radius 2 is 1.96 bits per heavy atom. The molecule has 0 spiro atoms. The first-order valence-corrected chi connectivity index (χ1v) is 9.09. The highest BCUT2D eigenvalue weighted by atomic mass is 31.2. The fourth-order valence-corrected chi connectivity index (χ4v) is 2.34. The van der Waals surface area contributed by atoms with E-state index in [1.165, 1.54) is 0 Å². The van der Waals surface area contributed by atoms with Crippen molar-refractivity contribution < 1.29 is 28.1 Å². The average Bonchev–Trinajstić information content (AvgIpc) is 2.54. The van der Waals surface area contributed by atoms with Crippen molar-refractivity contribution in [3.8, 4) is 0 Å². The number of hydroxylamine groups is 1. The van der Waals surface area contributed by atoms with Crippen molar-refractivity contribution in [2.75, 3.05) is 19.8 Å². The number of nitrogens with one attached hydrogen (secondary N) is 1. The van der Waals surface area contributed by atoms with Gasteiger partial charge in [-0.3, -0.25) is 9.32 Å². The fraction of sp³-hybridized carbons (Fsp3) is 0.533. The number of amides is 1. The van der Waals surface area contributed by atoms with Crippen LogP contribution < -0.4 is 5.48 Å². The van der Waals surface area contributed by atoms with Gasteiger partial charge in [-0.1, -0.05) is 30.3 Å². The van der Waals surface area contributed by atoms with Crippen LogP contribution in [0.2, 0.25) is 0 Å². The number of ether oxygens (including phenoxy) is 1. The number of hydrogen-bond donors (Lipinski definition) is 2. The Balaban J connectivity index is 2.14. The van der Waals surface area contributed by atoms with Gasteiger partial charge in [-0.25, -0.2) is 10.0 Å². The molecular weight excluding hydrogens is 321 g/mol. The van der Waals surface area contributed by atoms with Gasteiger partial charge in [-0.05, 0) is 31.7 Å². The summed E-state index contributed by atoms with van der Waals surface area (Å²) in [6, 6.07) is 9.40. The van der Waals surface area contributed by atoms with Crippen LogP contribution in [-0.2, 0) is 29.7 Å². The van der Waals surface area contributed by atoms with Gasteiger partial charge in [0.1, 0.15) is 0 Å². The van der Waals surface area contributed by atoms with Crippen molar-refractivity contribution in [1.82, 2.24) is 5.48 Å². The van der Waals surface area contributed by atoms with Crippen molar-refractivity contribution in [1.29, 1.82) is 0 Å². The summed E-state index contributed by atoms with van der Waals surface area (Å²) in [5, 5.41) is 0. The molecule has 8 heteroatoms. The van der Waals surface area contributed by atoms with Crippen molar-refractivity contribution in [2.24, 2.45) is 0 Å². The maximum atomic E-state index is 11.6. The second-order valence-electron chi connectivity index (χ2n) is 4.81. The molecule has 0 bridgehead atoms. The van der Waals surface area contributed by atoms with E-state index in [-0.39, 0.29) is 13.0 Å². The molecule has 0 heterocycles. The topological polar surface area (TPSA) is 94.1 Å². The first-order valence-electron chi connectivity index (χ1n) is 7.60. The lowest BCUT2D eigenvalue weighted by atomic mass is 10.2. The van der Waals surface area contributed by atoms with Gasteiger partial charge in [0, 0.05) is 19.6 Å². The van der Waals surface area contributed by atoms with E-state index in [1.54, 1.807) is 0 Å². The lowest BCUT2D eigenvalue weighted by Gasteiger charge is -2.12. The number of rotatable bonds is 12. The molecule has 0 aliphatic heterocycles. The first kappa shape index (κ1) is 19.8. The highest BCUT2D eigenvalue weighted by Crippen LogP contribution is 2.41. The average molecular weight is 345 g/mol. The Kier molecular flexibility index (Phi) is 9.75. The van der Waals surface area contributed by atoms with E-state index in [9.17, 15) is 14.3 Å². The van der Waals surface area contributed by atoms with Crippen LogP contribution in [-0.4, -0.2) is 30.6 Å². The van der Waals surface area contributed by atoms with Crippen LogP contribution in [0, 0.1) is 0 Å². The van der Waals surface area contributed by atoms with Crippen molar-refractivity contribution in [3.63, 3.8) is 0 Å². The molecule has 7 nitrogen and oxygen atoms in total. The molecule has 1 unspecified atom stereocenters. The number of phosphoric ester groups is 1. The molecule has 1 amide bonds. The molecule has 0 saturated heterocycles. The second-order valence-corrected chi connectivity index (χ2v) is 6.19. The van der Waals surface area contributed by atoms with Gasteiger partial charge in [-0.15, -0.1) is 0 Å². The molecule has 0 aromatic heterocycles. The highest BCUT2D eigenvalue weighted by Gasteiger charge is 2.22. The lowest BCUT2D eigenvalue weighted by Crippen LogP contribution is -2.22. The van der Waals surface area contributed by atoms with E-state index < -0.39 is 13.7 Å². The van der Waals surface area contributed by atoms with E-state index in [0.717, 1.165) is 12.0 Å². The van der Waals surface area contributed by atoms with Gasteiger partial charge in [0.25, 0.3) is 0 Å². The normalized spacial score (nSPS) is 13.5. The summed E-state index contributed by atoms with van der Waals surface area (Å²) >= 11 is 0. The molecule has 0 aliphatic carbocycles. The minimum absolute atomic E-state index is 0.0159. The van der Waals surface area contributed by atoms with Gasteiger partial charge in [-0.2, -0.15) is 4.62 Å². The van der Waals surface area contributed by atoms with E-state index in [2.05, 4.69) is 4.62 Å². The fourth-order valence-electron chi connectivity index (χ4n) is 1.74. The lowest BCUT2D eigenvalue weighted by molar-refractivity contribution is -0.129. The minimum atomic E-state index is -4.29. The highest BCUT2D eigenvalue weighted by molar-refractivity contribution is 7.47. The predicted molar refractivity (Wildman–Crippen MR) is 85.5 cm³/mol. The smallest absolute Gasteiger partial charge is 0.382 e. The van der Waals surface area contributed by atoms with Gasteiger partial charge < -0.3 is 9.63 Å². The van der Waals surface area contributed by atoms with Crippen LogP contribution in [0.15, 0.2) is 30.3 Å². The van der Waals surface area contributed by atoms with Gasteiger partial charge in [0.05, 0.1) is 6.61 Å². The van der Waals surface area contributed by atoms with Gasteiger partial charge in [0.15, 0.2) is 0 Å². The van der Waals surface area contributed by atoms with Crippen LogP contribution >= 0.6 is 7.82 Å². The summed E-state index contributed by atoms with van der Waals surface area (Å²) in [5.74, 6) is -0.470. The third-order valence-electron chi connectivity index (χ3n) is 2.91. The van der Waals surface area contributed by atoms with E-state index in [1.807, 2.05) is 42.7 Å². The van der Waals surface area contributed by atoms with Crippen LogP contribution in [0.1, 0.15) is 31.7 Å². The van der Waals surface area contributed by atoms with E-state index in [4.69, 9.17) is 9.26 Å². The number of carbonyl (C=O) groups is 1. The van der Waals surface area contributed by atoms with Crippen LogP contribution in [0.4, 0.5) is 0 Å². The zero-order valence-corrected chi connectivity index (χ0v) is 14.2. The first-order chi connectivity index (χ1) is 11.0. The zero-order chi connectivity index (χ0) is 17.0. The van der Waals surface area contributed by atoms with Gasteiger partial charge in [0.2, 0.25) is 5.91 Å². The number of phosphoric acid groups is 1. The van der Waals surface area contributed by atoms with Crippen LogP contribution in [0.3, 0.4) is 0 Å². The Labute approximate surface area is 136 Å². The number of unbranched alkanes of at least 4 members (excludes halogenated alkanes) is 1. The number of hydrogen-bond acceptors (Lipinski definition) is 5. The Morgan fingerprint density at radius 3 is 2.65 bits per heavy atom. The largest absolute Gasteiger partial charge is 0.493 e. The Hall–Kier alpha value is -1.24.